The second-order valence-electron chi connectivity index (χ2n) is 5.42. The van der Waals surface area contributed by atoms with E-state index in [9.17, 15) is 9.18 Å². The third-order valence-electron chi connectivity index (χ3n) is 3.81. The zero-order valence-corrected chi connectivity index (χ0v) is 14.1. The highest BCUT2D eigenvalue weighted by molar-refractivity contribution is 8.27. The predicted octanol–water partition coefficient (Wildman–Crippen LogP) is 3.91. The van der Waals surface area contributed by atoms with Crippen molar-refractivity contribution in [3.8, 4) is 0 Å². The Hall–Kier alpha value is -2.25. The summed E-state index contributed by atoms with van der Waals surface area (Å²) in [5.41, 5.74) is 2.56. The van der Waals surface area contributed by atoms with Gasteiger partial charge in [-0.15, -0.1) is 0 Å². The van der Waals surface area contributed by atoms with E-state index in [0.29, 0.717) is 20.7 Å². The Bertz CT molecular complexity index is 899. The smallest absolute Gasteiger partial charge is 0.270 e. The van der Waals surface area contributed by atoms with Crippen LogP contribution in [0.4, 0.5) is 10.1 Å². The van der Waals surface area contributed by atoms with Gasteiger partial charge in [-0.25, -0.2) is 9.37 Å². The van der Waals surface area contributed by atoms with E-state index in [-0.39, 0.29) is 11.7 Å². The second kappa shape index (κ2) is 5.99. The number of fused-ring (bicyclic) bond motifs is 1. The lowest BCUT2D eigenvalue weighted by Gasteiger charge is -2.14. The van der Waals surface area contributed by atoms with Crippen LogP contribution in [0.15, 0.2) is 35.2 Å². The predicted molar refractivity (Wildman–Crippen MR) is 98.0 cm³/mol. The first kappa shape index (κ1) is 15.3. The van der Waals surface area contributed by atoms with Crippen LogP contribution in [0.5, 0.6) is 0 Å². The van der Waals surface area contributed by atoms with E-state index in [1.54, 1.807) is 18.2 Å². The van der Waals surface area contributed by atoms with Crippen LogP contribution in [0.25, 0.3) is 12.2 Å². The van der Waals surface area contributed by atoms with Crippen LogP contribution < -0.4 is 4.90 Å². The molecular weight excluding hydrogens is 345 g/mol. The molecular formula is C17H12FN3OS2. The van der Waals surface area contributed by atoms with E-state index in [1.165, 1.54) is 28.8 Å². The van der Waals surface area contributed by atoms with Crippen LogP contribution >= 0.6 is 24.0 Å². The maximum absolute atomic E-state index is 13.1. The molecule has 0 spiro atoms. The zero-order chi connectivity index (χ0) is 16.7. The van der Waals surface area contributed by atoms with E-state index in [1.807, 2.05) is 6.08 Å². The summed E-state index contributed by atoms with van der Waals surface area (Å²) < 4.78 is 13.5. The summed E-state index contributed by atoms with van der Waals surface area (Å²) in [7, 11) is 0. The number of carbonyl (C=O) groups is 1. The van der Waals surface area contributed by atoms with E-state index in [0.717, 1.165) is 24.2 Å². The topological polar surface area (TPSA) is 49.0 Å². The number of nitrogens with one attached hydrogen (secondary N) is 1. The van der Waals surface area contributed by atoms with Gasteiger partial charge in [0, 0.05) is 11.8 Å². The number of anilines is 1. The molecule has 1 aliphatic heterocycles. The Morgan fingerprint density at radius 1 is 1.33 bits per heavy atom. The molecule has 1 fully saturated rings. The van der Waals surface area contributed by atoms with Crippen LogP contribution in [0, 0.1) is 5.82 Å². The molecule has 1 amide bonds. The molecule has 2 aliphatic rings. The number of aromatic nitrogens is 2. The number of hydrogen-bond acceptors (Lipinski definition) is 4. The summed E-state index contributed by atoms with van der Waals surface area (Å²) in [4.78, 5) is 22.3. The molecule has 120 valence electrons. The minimum atomic E-state index is -0.353. The van der Waals surface area contributed by atoms with Crippen molar-refractivity contribution < 1.29 is 9.18 Å². The van der Waals surface area contributed by atoms with Crippen molar-refractivity contribution in [1.82, 2.24) is 9.97 Å². The number of allylic oxidation sites excluding steroid dienone is 1. The summed E-state index contributed by atoms with van der Waals surface area (Å²) in [6.45, 7) is 0. The Morgan fingerprint density at radius 2 is 2.12 bits per heavy atom. The van der Waals surface area contributed by atoms with E-state index < -0.39 is 0 Å². The number of halogens is 1. The SMILES string of the molecule is O=C1/C(=C\c2nc3c([nH]2)CCC=C3)SC(=S)N1c1ccc(F)cc1. The van der Waals surface area contributed by atoms with Gasteiger partial charge in [0.2, 0.25) is 0 Å². The normalized spacial score (nSPS) is 18.5. The van der Waals surface area contributed by atoms with Crippen molar-refractivity contribution in [3.05, 3.63) is 58.3 Å². The molecule has 4 rings (SSSR count). The van der Waals surface area contributed by atoms with Gasteiger partial charge in [-0.3, -0.25) is 9.69 Å². The monoisotopic (exact) mass is 357 g/mol. The lowest BCUT2D eigenvalue weighted by molar-refractivity contribution is -0.113. The number of thiocarbonyl (C=S) groups is 1. The number of aromatic amines is 1. The fourth-order valence-electron chi connectivity index (χ4n) is 2.67. The number of rotatable bonds is 2. The molecule has 0 bridgehead atoms. The second-order valence-corrected chi connectivity index (χ2v) is 7.10. The van der Waals surface area contributed by atoms with Gasteiger partial charge in [0.05, 0.1) is 16.3 Å². The number of carbonyl (C=O) groups excluding carboxylic acids is 1. The van der Waals surface area contributed by atoms with Crippen LogP contribution in [-0.4, -0.2) is 20.2 Å². The van der Waals surface area contributed by atoms with Gasteiger partial charge in [0.15, 0.2) is 4.32 Å². The molecule has 1 aromatic carbocycles. The van der Waals surface area contributed by atoms with Gasteiger partial charge in [-0.1, -0.05) is 30.1 Å². The van der Waals surface area contributed by atoms with Gasteiger partial charge in [-0.05, 0) is 43.2 Å². The molecule has 0 saturated carbocycles. The molecule has 4 nitrogen and oxygen atoms in total. The number of H-pyrrole nitrogens is 1. The minimum Gasteiger partial charge on any atom is -0.342 e. The number of amides is 1. The number of hydrogen-bond donors (Lipinski definition) is 1. The highest BCUT2D eigenvalue weighted by Gasteiger charge is 2.33. The summed E-state index contributed by atoms with van der Waals surface area (Å²) in [5, 5.41) is 0. The van der Waals surface area contributed by atoms with Crippen molar-refractivity contribution >= 4 is 52.0 Å². The van der Waals surface area contributed by atoms with Gasteiger partial charge in [-0.2, -0.15) is 0 Å². The maximum Gasteiger partial charge on any atom is 0.270 e. The van der Waals surface area contributed by atoms with Gasteiger partial charge < -0.3 is 4.98 Å². The number of nitrogens with zero attached hydrogens (tertiary/aromatic N) is 2. The quantitative estimate of drug-likeness (QED) is 0.654. The lowest BCUT2D eigenvalue weighted by Crippen LogP contribution is -2.27. The first-order valence-corrected chi connectivity index (χ1v) is 8.63. The van der Waals surface area contributed by atoms with Crippen molar-refractivity contribution in [2.45, 2.75) is 12.8 Å². The van der Waals surface area contributed by atoms with Gasteiger partial charge >= 0.3 is 0 Å². The van der Waals surface area contributed by atoms with Crippen LogP contribution in [0.3, 0.4) is 0 Å². The summed E-state index contributed by atoms with van der Waals surface area (Å²) in [6, 6.07) is 5.70. The minimum absolute atomic E-state index is 0.221. The van der Waals surface area contributed by atoms with Gasteiger partial charge in [0.25, 0.3) is 5.91 Å². The molecule has 24 heavy (non-hydrogen) atoms. The largest absolute Gasteiger partial charge is 0.342 e. The van der Waals surface area contributed by atoms with E-state index in [2.05, 4.69) is 16.0 Å². The molecule has 0 radical (unpaired) electrons. The summed E-state index contributed by atoms with van der Waals surface area (Å²) in [5.74, 6) is 0.0710. The molecule has 0 unspecified atom stereocenters. The maximum atomic E-state index is 13.1. The third-order valence-corrected chi connectivity index (χ3v) is 5.11. The Labute approximate surface area is 147 Å². The third kappa shape index (κ3) is 2.70. The van der Waals surface area contributed by atoms with Crippen LogP contribution in [-0.2, 0) is 11.2 Å². The molecule has 1 N–H and O–H groups in total. The van der Waals surface area contributed by atoms with E-state index in [4.69, 9.17) is 12.2 Å². The Morgan fingerprint density at radius 3 is 2.88 bits per heavy atom. The molecule has 1 aliphatic carbocycles. The summed E-state index contributed by atoms with van der Waals surface area (Å²) >= 11 is 6.52. The number of aryl methyl sites for hydroxylation is 1. The lowest BCUT2D eigenvalue weighted by atomic mass is 10.1. The van der Waals surface area contributed by atoms with Crippen molar-refractivity contribution in [2.24, 2.45) is 0 Å². The van der Waals surface area contributed by atoms with Crippen molar-refractivity contribution in [1.29, 1.82) is 0 Å². The summed E-state index contributed by atoms with van der Waals surface area (Å²) in [6.07, 6.45) is 7.69. The van der Waals surface area contributed by atoms with Crippen LogP contribution in [0.2, 0.25) is 0 Å². The first-order chi connectivity index (χ1) is 11.6. The molecule has 2 heterocycles. The molecule has 1 saturated heterocycles. The molecule has 1 aromatic heterocycles. The number of imidazole rings is 1. The van der Waals surface area contributed by atoms with Gasteiger partial charge in [0.1, 0.15) is 11.6 Å². The number of benzene rings is 1. The highest BCUT2D eigenvalue weighted by Crippen LogP contribution is 2.36. The Balaban J connectivity index is 1.64. The first-order valence-electron chi connectivity index (χ1n) is 7.41. The molecule has 7 heteroatoms. The van der Waals surface area contributed by atoms with Crippen molar-refractivity contribution in [2.75, 3.05) is 4.90 Å². The standard InChI is InChI=1S/C17H12FN3OS2/c18-10-5-7-11(8-6-10)21-16(22)14(24-17(21)23)9-15-19-12-3-1-2-4-13(12)20-15/h1,3,5-9H,2,4H2,(H,19,20)/b14-9+. The average Bonchev–Trinajstić information content (AvgIpc) is 3.09. The fraction of sp³-hybridized carbons (Fsp3) is 0.118. The van der Waals surface area contributed by atoms with Crippen LogP contribution in [0.1, 0.15) is 23.6 Å². The van der Waals surface area contributed by atoms with Crippen molar-refractivity contribution in [3.63, 3.8) is 0 Å². The molecule has 2 aromatic rings. The zero-order valence-electron chi connectivity index (χ0n) is 12.5. The molecule has 0 atom stereocenters. The van der Waals surface area contributed by atoms with E-state index >= 15 is 0 Å². The average molecular weight is 357 g/mol. The number of thioether (sulfide) groups is 1. The fourth-order valence-corrected chi connectivity index (χ4v) is 3.94. The Kier molecular flexibility index (Phi) is 3.82. The highest BCUT2D eigenvalue weighted by atomic mass is 32.2.